The molecule has 1 aromatic rings. The number of benzene rings is 1. The Morgan fingerprint density at radius 2 is 1.90 bits per heavy atom. The lowest BCUT2D eigenvalue weighted by Gasteiger charge is -2.43. The van der Waals surface area contributed by atoms with Crippen molar-refractivity contribution < 1.29 is 24.6 Å². The van der Waals surface area contributed by atoms with Gasteiger partial charge in [-0.3, -0.25) is 14.9 Å². The number of carbonyl (C=O) groups is 3. The molecule has 3 rings (SSSR count). The van der Waals surface area contributed by atoms with Gasteiger partial charge in [-0.1, -0.05) is 30.3 Å². The molecule has 158 valence electrons. The Morgan fingerprint density at radius 1 is 1.17 bits per heavy atom. The Morgan fingerprint density at radius 3 is 2.55 bits per heavy atom. The van der Waals surface area contributed by atoms with E-state index in [0.717, 1.165) is 23.5 Å². The minimum Gasteiger partial charge on any atom is -0.480 e. The summed E-state index contributed by atoms with van der Waals surface area (Å²) in [6.45, 7) is 1.63. The molecule has 8 heteroatoms. The highest BCUT2D eigenvalue weighted by Gasteiger charge is 2.46. The van der Waals surface area contributed by atoms with Crippen molar-refractivity contribution >= 4 is 29.6 Å². The normalized spacial score (nSPS) is 25.8. The number of aliphatic carboxylic acids is 2. The molecule has 5 atom stereocenters. The maximum Gasteiger partial charge on any atom is 0.326 e. The van der Waals surface area contributed by atoms with Crippen LogP contribution in [0.5, 0.6) is 0 Å². The lowest BCUT2D eigenvalue weighted by atomic mass is 9.87. The topological polar surface area (TPSA) is 107 Å². The van der Waals surface area contributed by atoms with Gasteiger partial charge in [0.1, 0.15) is 12.1 Å². The number of amides is 1. The Balaban J connectivity index is 1.67. The van der Waals surface area contributed by atoms with Crippen LogP contribution in [0.3, 0.4) is 0 Å². The number of rotatable bonds is 8. The van der Waals surface area contributed by atoms with E-state index in [2.05, 4.69) is 5.32 Å². The third kappa shape index (κ3) is 5.11. The van der Waals surface area contributed by atoms with Crippen molar-refractivity contribution in [2.45, 2.75) is 56.8 Å². The van der Waals surface area contributed by atoms with Crippen molar-refractivity contribution in [3.63, 3.8) is 0 Å². The standard InChI is InChI=1S/C21H28N2O5S/c1-13(22-16(20(25)26)9-7-14-5-3-2-4-6-14)19(24)23-17(21(27)28)10-8-15-11-29-12-18(15)23/h2-6,13,15-18,22H,7-12H2,1H3,(H,25,26)(H,27,28)/t13-,15?,16?,17?,18?/m0/s1. The first kappa shape index (κ1) is 21.6. The summed E-state index contributed by atoms with van der Waals surface area (Å²) >= 11 is 1.75. The molecule has 2 heterocycles. The largest absolute Gasteiger partial charge is 0.480 e. The van der Waals surface area contributed by atoms with E-state index < -0.39 is 30.1 Å². The lowest BCUT2D eigenvalue weighted by Crippen LogP contribution is -2.61. The van der Waals surface area contributed by atoms with Crippen LogP contribution in [0.25, 0.3) is 0 Å². The Bertz CT molecular complexity index is 744. The van der Waals surface area contributed by atoms with Crippen LogP contribution in [-0.4, -0.2) is 68.6 Å². The third-order valence-electron chi connectivity index (χ3n) is 5.89. The van der Waals surface area contributed by atoms with Gasteiger partial charge in [0.2, 0.25) is 5.91 Å². The van der Waals surface area contributed by atoms with E-state index in [9.17, 15) is 24.6 Å². The molecule has 29 heavy (non-hydrogen) atoms. The summed E-state index contributed by atoms with van der Waals surface area (Å²) in [7, 11) is 0. The number of carboxylic acids is 2. The second-order valence-electron chi connectivity index (χ2n) is 7.85. The number of nitrogens with one attached hydrogen (secondary N) is 1. The number of thioether (sulfide) groups is 1. The summed E-state index contributed by atoms with van der Waals surface area (Å²) in [5, 5.41) is 22.2. The van der Waals surface area contributed by atoms with Crippen LogP contribution in [0.15, 0.2) is 30.3 Å². The zero-order valence-electron chi connectivity index (χ0n) is 16.5. The van der Waals surface area contributed by atoms with Gasteiger partial charge >= 0.3 is 11.9 Å². The van der Waals surface area contributed by atoms with Crippen LogP contribution in [0.2, 0.25) is 0 Å². The van der Waals surface area contributed by atoms with Crippen molar-refractivity contribution in [2.24, 2.45) is 5.92 Å². The van der Waals surface area contributed by atoms with E-state index in [1.165, 1.54) is 4.90 Å². The zero-order chi connectivity index (χ0) is 21.0. The van der Waals surface area contributed by atoms with E-state index in [1.807, 2.05) is 30.3 Å². The Hall–Kier alpha value is -2.06. The molecular weight excluding hydrogens is 392 g/mol. The van der Waals surface area contributed by atoms with Crippen LogP contribution in [0, 0.1) is 5.92 Å². The number of carbonyl (C=O) groups excluding carboxylic acids is 1. The molecule has 3 N–H and O–H groups in total. The summed E-state index contributed by atoms with van der Waals surface area (Å²) < 4.78 is 0. The average molecular weight is 421 g/mol. The lowest BCUT2D eigenvalue weighted by molar-refractivity contribution is -0.157. The quantitative estimate of drug-likeness (QED) is 0.589. The monoisotopic (exact) mass is 420 g/mol. The number of hydrogen-bond acceptors (Lipinski definition) is 5. The number of carboxylic acid groups (broad SMARTS) is 2. The van der Waals surface area contributed by atoms with Gasteiger partial charge in [-0.05, 0) is 49.8 Å². The molecule has 0 radical (unpaired) electrons. The van der Waals surface area contributed by atoms with Crippen molar-refractivity contribution in [3.8, 4) is 0 Å². The Kier molecular flexibility index (Phi) is 7.18. The molecule has 0 bridgehead atoms. The van der Waals surface area contributed by atoms with Crippen LogP contribution < -0.4 is 5.32 Å². The molecule has 0 spiro atoms. The SMILES string of the molecule is C[C@H](NC(CCc1ccccc1)C(=O)O)C(=O)N1C(C(=O)O)CCC2CSCC21. The molecule has 7 nitrogen and oxygen atoms in total. The van der Waals surface area contributed by atoms with E-state index in [1.54, 1.807) is 18.7 Å². The summed E-state index contributed by atoms with van der Waals surface area (Å²) in [4.78, 5) is 38.2. The molecule has 1 aromatic carbocycles. The van der Waals surface area contributed by atoms with E-state index in [-0.39, 0.29) is 11.9 Å². The third-order valence-corrected chi connectivity index (χ3v) is 7.13. The molecular formula is C21H28N2O5S. The second kappa shape index (κ2) is 9.63. The molecule has 0 saturated carbocycles. The molecule has 4 unspecified atom stereocenters. The molecule has 0 aliphatic carbocycles. The number of fused-ring (bicyclic) bond motifs is 1. The maximum absolute atomic E-state index is 13.2. The van der Waals surface area contributed by atoms with E-state index >= 15 is 0 Å². The Labute approximate surface area is 174 Å². The van der Waals surface area contributed by atoms with Gasteiger partial charge in [-0.15, -0.1) is 0 Å². The minimum atomic E-state index is -1.01. The summed E-state index contributed by atoms with van der Waals surface area (Å²) in [6.07, 6.45) is 2.19. The predicted octanol–water partition coefficient (Wildman–Crippen LogP) is 1.86. The van der Waals surface area contributed by atoms with E-state index in [0.29, 0.717) is 25.2 Å². The van der Waals surface area contributed by atoms with Crippen LogP contribution in [0.1, 0.15) is 31.7 Å². The first-order valence-corrected chi connectivity index (χ1v) is 11.2. The summed E-state index contributed by atoms with van der Waals surface area (Å²) in [6, 6.07) is 7.04. The zero-order valence-corrected chi connectivity index (χ0v) is 17.3. The van der Waals surface area contributed by atoms with Crippen molar-refractivity contribution in [2.75, 3.05) is 11.5 Å². The molecule has 2 fully saturated rings. The van der Waals surface area contributed by atoms with Gasteiger partial charge < -0.3 is 15.1 Å². The van der Waals surface area contributed by atoms with Gasteiger partial charge in [0.05, 0.1) is 6.04 Å². The highest BCUT2D eigenvalue weighted by molar-refractivity contribution is 7.99. The predicted molar refractivity (Wildman–Crippen MR) is 111 cm³/mol. The van der Waals surface area contributed by atoms with Crippen LogP contribution in [-0.2, 0) is 20.8 Å². The summed E-state index contributed by atoms with van der Waals surface area (Å²) in [5.74, 6) is -0.315. The number of piperidine rings is 1. The summed E-state index contributed by atoms with van der Waals surface area (Å²) in [5.41, 5.74) is 1.03. The van der Waals surface area contributed by atoms with Gasteiger partial charge in [-0.25, -0.2) is 4.79 Å². The van der Waals surface area contributed by atoms with Crippen LogP contribution >= 0.6 is 11.8 Å². The molecule has 0 aromatic heterocycles. The van der Waals surface area contributed by atoms with Crippen molar-refractivity contribution in [3.05, 3.63) is 35.9 Å². The molecule has 1 amide bonds. The number of hydrogen-bond donors (Lipinski definition) is 3. The number of nitrogens with zero attached hydrogens (tertiary/aromatic N) is 1. The van der Waals surface area contributed by atoms with Gasteiger partial charge in [-0.2, -0.15) is 11.8 Å². The average Bonchev–Trinajstić information content (AvgIpc) is 3.18. The fraction of sp³-hybridized carbons (Fsp3) is 0.571. The fourth-order valence-electron chi connectivity index (χ4n) is 4.30. The van der Waals surface area contributed by atoms with Crippen molar-refractivity contribution in [1.29, 1.82) is 0 Å². The van der Waals surface area contributed by atoms with Gasteiger partial charge in [0.15, 0.2) is 0 Å². The van der Waals surface area contributed by atoms with Crippen molar-refractivity contribution in [1.82, 2.24) is 10.2 Å². The highest BCUT2D eigenvalue weighted by Crippen LogP contribution is 2.38. The maximum atomic E-state index is 13.2. The first-order chi connectivity index (χ1) is 13.9. The molecule has 2 aliphatic rings. The number of aryl methyl sites for hydroxylation is 1. The fourth-order valence-corrected chi connectivity index (χ4v) is 5.80. The minimum absolute atomic E-state index is 0.0841. The molecule has 2 saturated heterocycles. The van der Waals surface area contributed by atoms with Gasteiger partial charge in [0.25, 0.3) is 0 Å². The van der Waals surface area contributed by atoms with Crippen LogP contribution in [0.4, 0.5) is 0 Å². The number of likely N-dealkylation sites (tertiary alicyclic amines) is 1. The van der Waals surface area contributed by atoms with Gasteiger partial charge in [0, 0.05) is 11.8 Å². The smallest absolute Gasteiger partial charge is 0.326 e. The van der Waals surface area contributed by atoms with E-state index in [4.69, 9.17) is 0 Å². The highest BCUT2D eigenvalue weighted by atomic mass is 32.2. The second-order valence-corrected chi connectivity index (χ2v) is 8.92. The first-order valence-electron chi connectivity index (χ1n) is 10.0. The molecule has 2 aliphatic heterocycles.